The molecule has 0 aromatic heterocycles. The number of nitrogens with one attached hydrogen (secondary N) is 1. The highest BCUT2D eigenvalue weighted by atomic mass is 32.2. The molecular formula is C12H15FN2O2S. The first kappa shape index (κ1) is 14.6. The predicted molar refractivity (Wildman–Crippen MR) is 65.8 cm³/mol. The maximum Gasteiger partial charge on any atom is 0.241 e. The number of benzene rings is 1. The maximum absolute atomic E-state index is 13.1. The van der Waals surface area contributed by atoms with Gasteiger partial charge in [0.05, 0.1) is 16.9 Å². The van der Waals surface area contributed by atoms with Gasteiger partial charge in [-0.1, -0.05) is 0 Å². The summed E-state index contributed by atoms with van der Waals surface area (Å²) < 4.78 is 39.6. The van der Waals surface area contributed by atoms with Crippen LogP contribution in [0.1, 0.15) is 18.1 Å². The largest absolute Gasteiger partial charge is 0.241 e. The van der Waals surface area contributed by atoms with Crippen LogP contribution in [0, 0.1) is 36.9 Å². The molecule has 1 aromatic carbocycles. The fourth-order valence-electron chi connectivity index (χ4n) is 1.67. The van der Waals surface area contributed by atoms with E-state index in [1.54, 1.807) is 20.8 Å². The van der Waals surface area contributed by atoms with Crippen LogP contribution in [0.2, 0.25) is 0 Å². The zero-order chi connectivity index (χ0) is 13.9. The van der Waals surface area contributed by atoms with Gasteiger partial charge in [0.15, 0.2) is 0 Å². The van der Waals surface area contributed by atoms with Crippen LogP contribution in [0.25, 0.3) is 0 Å². The highest BCUT2D eigenvalue weighted by molar-refractivity contribution is 7.89. The van der Waals surface area contributed by atoms with E-state index in [-0.39, 0.29) is 11.4 Å². The molecule has 18 heavy (non-hydrogen) atoms. The predicted octanol–water partition coefficient (Wildman–Crippen LogP) is 1.88. The van der Waals surface area contributed by atoms with E-state index in [9.17, 15) is 12.8 Å². The first-order valence-corrected chi connectivity index (χ1v) is 6.92. The highest BCUT2D eigenvalue weighted by Gasteiger charge is 2.20. The second kappa shape index (κ2) is 5.46. The summed E-state index contributed by atoms with van der Waals surface area (Å²) in [7, 11) is -3.71. The number of halogens is 1. The third kappa shape index (κ3) is 3.28. The SMILES string of the molecule is Cc1cc(F)cc(C)c1S(=O)(=O)NCC(C)C#N. The molecular weight excluding hydrogens is 255 g/mol. The van der Waals surface area contributed by atoms with E-state index < -0.39 is 21.8 Å². The third-order valence-electron chi connectivity index (χ3n) is 2.49. The van der Waals surface area contributed by atoms with Gasteiger partial charge < -0.3 is 0 Å². The Kier molecular flexibility index (Phi) is 4.43. The van der Waals surface area contributed by atoms with Crippen molar-refractivity contribution in [1.82, 2.24) is 4.72 Å². The van der Waals surface area contributed by atoms with E-state index in [1.165, 1.54) is 12.1 Å². The Bertz CT molecular complexity index is 568. The van der Waals surface area contributed by atoms with Crippen LogP contribution in [-0.2, 0) is 10.0 Å². The summed E-state index contributed by atoms with van der Waals surface area (Å²) >= 11 is 0. The van der Waals surface area contributed by atoms with Crippen LogP contribution >= 0.6 is 0 Å². The van der Waals surface area contributed by atoms with Crippen LogP contribution < -0.4 is 4.72 Å². The molecule has 1 aromatic rings. The van der Waals surface area contributed by atoms with Gasteiger partial charge in [-0.2, -0.15) is 5.26 Å². The van der Waals surface area contributed by atoms with E-state index in [0.29, 0.717) is 11.1 Å². The molecule has 1 unspecified atom stereocenters. The normalized spacial score (nSPS) is 13.1. The van der Waals surface area contributed by atoms with E-state index in [2.05, 4.69) is 4.72 Å². The molecule has 0 radical (unpaired) electrons. The standard InChI is InChI=1S/C12H15FN2O2S/c1-8(6-14)7-15-18(16,17)12-9(2)4-11(13)5-10(12)3/h4-5,8,15H,7H2,1-3H3. The Morgan fingerprint density at radius 1 is 1.39 bits per heavy atom. The Balaban J connectivity index is 3.11. The molecule has 4 nitrogen and oxygen atoms in total. The summed E-state index contributed by atoms with van der Waals surface area (Å²) in [4.78, 5) is 0.0778. The molecule has 98 valence electrons. The van der Waals surface area contributed by atoms with Crippen molar-refractivity contribution in [1.29, 1.82) is 5.26 Å². The van der Waals surface area contributed by atoms with E-state index in [0.717, 1.165) is 0 Å². The van der Waals surface area contributed by atoms with E-state index in [1.807, 2.05) is 6.07 Å². The number of rotatable bonds is 4. The maximum atomic E-state index is 13.1. The average molecular weight is 270 g/mol. The van der Waals surface area contributed by atoms with Crippen molar-refractivity contribution in [3.63, 3.8) is 0 Å². The molecule has 0 aliphatic heterocycles. The second-order valence-corrected chi connectivity index (χ2v) is 5.95. The van der Waals surface area contributed by atoms with E-state index >= 15 is 0 Å². The lowest BCUT2D eigenvalue weighted by molar-refractivity contribution is 0.570. The lowest BCUT2D eigenvalue weighted by Crippen LogP contribution is -2.29. The summed E-state index contributed by atoms with van der Waals surface area (Å²) in [6, 6.07) is 4.29. The smallest absolute Gasteiger partial charge is 0.210 e. The fraction of sp³-hybridized carbons (Fsp3) is 0.417. The minimum absolute atomic E-state index is 0.0368. The number of aryl methyl sites for hydroxylation is 2. The minimum atomic E-state index is -3.71. The number of sulfonamides is 1. The van der Waals surface area contributed by atoms with Crippen molar-refractivity contribution in [3.05, 3.63) is 29.1 Å². The molecule has 0 saturated heterocycles. The van der Waals surface area contributed by atoms with Gasteiger partial charge in [0.2, 0.25) is 10.0 Å². The molecule has 1 atom stereocenters. The molecule has 0 aliphatic carbocycles. The third-order valence-corrected chi connectivity index (χ3v) is 4.22. The van der Waals surface area contributed by atoms with Gasteiger partial charge in [-0.15, -0.1) is 0 Å². The number of hydrogen-bond donors (Lipinski definition) is 1. The lowest BCUT2D eigenvalue weighted by atomic mass is 10.1. The minimum Gasteiger partial charge on any atom is -0.210 e. The molecule has 0 spiro atoms. The first-order chi connectivity index (χ1) is 8.27. The van der Waals surface area contributed by atoms with Gasteiger partial charge in [0, 0.05) is 6.54 Å². The lowest BCUT2D eigenvalue weighted by Gasteiger charge is -2.12. The summed E-state index contributed by atoms with van der Waals surface area (Å²) in [6.07, 6.45) is 0. The van der Waals surface area contributed by atoms with Crippen LogP contribution in [0.4, 0.5) is 4.39 Å². The van der Waals surface area contributed by atoms with Crippen LogP contribution in [0.15, 0.2) is 17.0 Å². The average Bonchev–Trinajstić information content (AvgIpc) is 2.24. The number of hydrogen-bond acceptors (Lipinski definition) is 3. The van der Waals surface area contributed by atoms with Crippen LogP contribution in [-0.4, -0.2) is 15.0 Å². The molecule has 0 saturated carbocycles. The van der Waals surface area contributed by atoms with Gasteiger partial charge >= 0.3 is 0 Å². The van der Waals surface area contributed by atoms with Crippen molar-refractivity contribution in [2.24, 2.45) is 5.92 Å². The molecule has 0 fully saturated rings. The van der Waals surface area contributed by atoms with Gasteiger partial charge in [-0.3, -0.25) is 0 Å². The quantitative estimate of drug-likeness (QED) is 0.908. The zero-order valence-electron chi connectivity index (χ0n) is 10.5. The van der Waals surface area contributed by atoms with E-state index in [4.69, 9.17) is 5.26 Å². The molecule has 0 bridgehead atoms. The van der Waals surface area contributed by atoms with Gasteiger partial charge in [0.25, 0.3) is 0 Å². The monoisotopic (exact) mass is 270 g/mol. The Morgan fingerprint density at radius 3 is 2.33 bits per heavy atom. The summed E-state index contributed by atoms with van der Waals surface area (Å²) in [5.41, 5.74) is 0.703. The second-order valence-electron chi connectivity index (χ2n) is 4.25. The molecule has 6 heteroatoms. The molecule has 1 N–H and O–H groups in total. The van der Waals surface area contributed by atoms with Gasteiger partial charge in [0.1, 0.15) is 5.82 Å². The Labute approximate surface area is 106 Å². The van der Waals surface area contributed by atoms with Crippen molar-refractivity contribution < 1.29 is 12.8 Å². The van der Waals surface area contributed by atoms with Gasteiger partial charge in [-0.25, -0.2) is 17.5 Å². The molecule has 0 heterocycles. The molecule has 1 rings (SSSR count). The summed E-state index contributed by atoms with van der Waals surface area (Å²) in [5.74, 6) is -0.879. The Morgan fingerprint density at radius 2 is 1.89 bits per heavy atom. The fourth-order valence-corrected chi connectivity index (χ4v) is 3.25. The van der Waals surface area contributed by atoms with Crippen molar-refractivity contribution in [2.45, 2.75) is 25.7 Å². The van der Waals surface area contributed by atoms with Crippen LogP contribution in [0.5, 0.6) is 0 Å². The number of nitriles is 1. The first-order valence-electron chi connectivity index (χ1n) is 5.44. The van der Waals surface area contributed by atoms with Crippen molar-refractivity contribution in [2.75, 3.05) is 6.54 Å². The van der Waals surface area contributed by atoms with Gasteiger partial charge in [-0.05, 0) is 44.0 Å². The number of nitrogens with zero attached hydrogens (tertiary/aromatic N) is 1. The molecule has 0 aliphatic rings. The highest BCUT2D eigenvalue weighted by Crippen LogP contribution is 2.21. The van der Waals surface area contributed by atoms with Crippen molar-refractivity contribution in [3.8, 4) is 6.07 Å². The summed E-state index contributed by atoms with van der Waals surface area (Å²) in [5, 5.41) is 8.61. The van der Waals surface area contributed by atoms with Crippen molar-refractivity contribution >= 4 is 10.0 Å². The van der Waals surface area contributed by atoms with Crippen LogP contribution in [0.3, 0.4) is 0 Å². The summed E-state index contributed by atoms with van der Waals surface area (Å²) in [6.45, 7) is 4.73. The topological polar surface area (TPSA) is 70.0 Å². The zero-order valence-corrected chi connectivity index (χ0v) is 11.3. The Hall–Kier alpha value is -1.45. The molecule has 0 amide bonds.